The Bertz CT molecular complexity index is 1210. The van der Waals surface area contributed by atoms with E-state index in [4.69, 9.17) is 18.9 Å². The van der Waals surface area contributed by atoms with Gasteiger partial charge in [0.05, 0.1) is 45.8 Å². The summed E-state index contributed by atoms with van der Waals surface area (Å²) in [5.74, 6) is 3.75. The van der Waals surface area contributed by atoms with Gasteiger partial charge in [0, 0.05) is 30.9 Å². The normalized spacial score (nSPS) is 10.7. The number of rotatable bonds is 8. The van der Waals surface area contributed by atoms with Crippen molar-refractivity contribution in [3.8, 4) is 28.7 Å². The van der Waals surface area contributed by atoms with Crippen molar-refractivity contribution in [2.75, 3.05) is 46.1 Å². The second-order valence-electron chi connectivity index (χ2n) is 6.82. The lowest BCUT2D eigenvalue weighted by Gasteiger charge is -2.16. The highest BCUT2D eigenvalue weighted by Gasteiger charge is 2.18. The smallest absolute Gasteiger partial charge is 0.208 e. The van der Waals surface area contributed by atoms with Gasteiger partial charge in [-0.3, -0.25) is 4.57 Å². The first-order valence-corrected chi connectivity index (χ1v) is 9.89. The first-order chi connectivity index (χ1) is 15.6. The number of methoxy groups -OCH3 is 4. The van der Waals surface area contributed by atoms with Crippen molar-refractivity contribution in [1.82, 2.24) is 14.5 Å². The zero-order valence-electron chi connectivity index (χ0n) is 18.6. The van der Waals surface area contributed by atoms with E-state index in [1.54, 1.807) is 34.6 Å². The van der Waals surface area contributed by atoms with E-state index in [2.05, 4.69) is 20.6 Å². The van der Waals surface area contributed by atoms with Crippen molar-refractivity contribution in [2.24, 2.45) is 0 Å². The van der Waals surface area contributed by atoms with Gasteiger partial charge >= 0.3 is 0 Å². The third-order valence-corrected chi connectivity index (χ3v) is 5.03. The Morgan fingerprint density at radius 2 is 1.53 bits per heavy atom. The van der Waals surface area contributed by atoms with Crippen LogP contribution in [0.15, 0.2) is 48.7 Å². The van der Waals surface area contributed by atoms with Gasteiger partial charge in [-0.25, -0.2) is 9.97 Å². The zero-order valence-corrected chi connectivity index (χ0v) is 18.6. The van der Waals surface area contributed by atoms with Crippen LogP contribution in [0.4, 0.5) is 17.5 Å². The van der Waals surface area contributed by atoms with E-state index < -0.39 is 0 Å². The van der Waals surface area contributed by atoms with Gasteiger partial charge in [-0.05, 0) is 24.3 Å². The Hall–Kier alpha value is -4.14. The summed E-state index contributed by atoms with van der Waals surface area (Å²) in [6.07, 6.45) is 1.73. The number of nitrogens with one attached hydrogen (secondary N) is 2. The highest BCUT2D eigenvalue weighted by molar-refractivity contribution is 5.84. The number of ether oxygens (including phenoxy) is 4. The molecule has 4 rings (SSSR count). The molecule has 0 radical (unpaired) electrons. The number of benzene rings is 2. The van der Waals surface area contributed by atoms with Gasteiger partial charge in [-0.2, -0.15) is 0 Å². The van der Waals surface area contributed by atoms with E-state index in [0.717, 1.165) is 28.2 Å². The molecule has 0 fully saturated rings. The summed E-state index contributed by atoms with van der Waals surface area (Å²) in [5, 5.41) is 6.46. The van der Waals surface area contributed by atoms with Crippen molar-refractivity contribution in [3.05, 3.63) is 48.7 Å². The highest BCUT2D eigenvalue weighted by atomic mass is 16.5. The molecule has 2 N–H and O–H groups in total. The number of nitrogens with zero attached hydrogens (tertiary/aromatic N) is 3. The fourth-order valence-electron chi connectivity index (χ4n) is 3.50. The van der Waals surface area contributed by atoms with Gasteiger partial charge in [-0.15, -0.1) is 0 Å². The van der Waals surface area contributed by atoms with Crippen molar-refractivity contribution in [1.29, 1.82) is 0 Å². The maximum absolute atomic E-state index is 5.53. The van der Waals surface area contributed by atoms with E-state index in [-0.39, 0.29) is 0 Å². The molecule has 0 atom stereocenters. The quantitative estimate of drug-likeness (QED) is 0.425. The molecule has 2 aromatic heterocycles. The molecule has 0 saturated heterocycles. The molecule has 0 bridgehead atoms. The van der Waals surface area contributed by atoms with Crippen LogP contribution in [-0.2, 0) is 0 Å². The molecule has 4 aromatic rings. The first-order valence-electron chi connectivity index (χ1n) is 9.89. The molecular weight excluding hydrogens is 410 g/mol. The minimum atomic E-state index is 0.526. The van der Waals surface area contributed by atoms with E-state index in [9.17, 15) is 0 Å². The van der Waals surface area contributed by atoms with E-state index >= 15 is 0 Å². The van der Waals surface area contributed by atoms with Crippen LogP contribution in [-0.4, -0.2) is 50.0 Å². The second kappa shape index (κ2) is 8.93. The Kier molecular flexibility index (Phi) is 5.89. The molecule has 9 nitrogen and oxygen atoms in total. The van der Waals surface area contributed by atoms with Gasteiger partial charge in [0.2, 0.25) is 11.7 Å². The van der Waals surface area contributed by atoms with E-state index in [1.807, 2.05) is 54.1 Å². The monoisotopic (exact) mass is 435 g/mol. The maximum Gasteiger partial charge on any atom is 0.208 e. The van der Waals surface area contributed by atoms with E-state index in [1.165, 1.54) is 0 Å². The Morgan fingerprint density at radius 1 is 0.844 bits per heavy atom. The van der Waals surface area contributed by atoms with E-state index in [0.29, 0.717) is 29.0 Å². The summed E-state index contributed by atoms with van der Waals surface area (Å²) in [4.78, 5) is 9.17. The standard InChI is InChI=1S/C23H25N5O4/c1-24-23-27-17-13-25-21(26-14-6-8-16(29-2)9-7-14)12-18(17)28(23)15-10-19(30-3)22(32-5)20(11-15)31-4/h6-13H,1-5H3,(H,24,27)(H,25,26). The number of fused-ring (bicyclic) bond motifs is 1. The number of pyridine rings is 1. The molecule has 2 heterocycles. The molecule has 0 unspecified atom stereocenters. The third-order valence-electron chi connectivity index (χ3n) is 5.03. The fourth-order valence-corrected chi connectivity index (χ4v) is 3.50. The summed E-state index contributed by atoms with van der Waals surface area (Å²) in [6, 6.07) is 13.3. The molecule has 0 saturated carbocycles. The lowest BCUT2D eigenvalue weighted by Crippen LogP contribution is -2.04. The number of imidazole rings is 1. The summed E-state index contributed by atoms with van der Waals surface area (Å²) in [7, 11) is 8.22. The van der Waals surface area contributed by atoms with Crippen LogP contribution in [0.3, 0.4) is 0 Å². The summed E-state index contributed by atoms with van der Waals surface area (Å²) in [5.41, 5.74) is 3.29. The number of hydrogen-bond donors (Lipinski definition) is 2. The average Bonchev–Trinajstić information content (AvgIpc) is 3.21. The molecule has 9 heteroatoms. The maximum atomic E-state index is 5.53. The predicted octanol–water partition coefficient (Wildman–Crippen LogP) is 4.24. The summed E-state index contributed by atoms with van der Waals surface area (Å²) < 4.78 is 23.7. The van der Waals surface area contributed by atoms with Crippen LogP contribution in [0.2, 0.25) is 0 Å². The SMILES string of the molecule is CNc1nc2cnc(Nc3ccc(OC)cc3)cc2n1-c1cc(OC)c(OC)c(OC)c1. The molecule has 0 spiro atoms. The average molecular weight is 435 g/mol. The van der Waals surface area contributed by atoms with Crippen LogP contribution in [0.5, 0.6) is 23.0 Å². The van der Waals surface area contributed by atoms with Gasteiger partial charge in [-0.1, -0.05) is 0 Å². The molecule has 32 heavy (non-hydrogen) atoms. The molecule has 0 aliphatic carbocycles. The van der Waals surface area contributed by atoms with Gasteiger partial charge < -0.3 is 29.6 Å². The molecule has 166 valence electrons. The summed E-state index contributed by atoms with van der Waals surface area (Å²) >= 11 is 0. The largest absolute Gasteiger partial charge is 0.497 e. The Labute approximate surface area is 185 Å². The van der Waals surface area contributed by atoms with Crippen molar-refractivity contribution in [3.63, 3.8) is 0 Å². The third kappa shape index (κ3) is 3.80. The number of aromatic nitrogens is 3. The molecule has 0 aliphatic rings. The summed E-state index contributed by atoms with van der Waals surface area (Å²) in [6.45, 7) is 0. The Balaban J connectivity index is 1.82. The molecule has 2 aromatic carbocycles. The van der Waals surface area contributed by atoms with Gasteiger partial charge in [0.15, 0.2) is 11.5 Å². The predicted molar refractivity (Wildman–Crippen MR) is 124 cm³/mol. The number of anilines is 3. The van der Waals surface area contributed by atoms with Crippen LogP contribution in [0.1, 0.15) is 0 Å². The molecule has 0 amide bonds. The van der Waals surface area contributed by atoms with Crippen molar-refractivity contribution < 1.29 is 18.9 Å². The topological polar surface area (TPSA) is 91.7 Å². The lowest BCUT2D eigenvalue weighted by atomic mass is 10.2. The molecular formula is C23H25N5O4. The second-order valence-corrected chi connectivity index (χ2v) is 6.82. The number of hydrogen-bond acceptors (Lipinski definition) is 8. The van der Waals surface area contributed by atoms with Crippen LogP contribution in [0.25, 0.3) is 16.7 Å². The zero-order chi connectivity index (χ0) is 22.7. The Morgan fingerprint density at radius 3 is 2.09 bits per heavy atom. The fraction of sp³-hybridized carbons (Fsp3) is 0.217. The molecule has 0 aliphatic heterocycles. The van der Waals surface area contributed by atoms with Gasteiger partial charge in [0.25, 0.3) is 0 Å². The van der Waals surface area contributed by atoms with Crippen molar-refractivity contribution >= 4 is 28.5 Å². The minimum absolute atomic E-state index is 0.526. The highest BCUT2D eigenvalue weighted by Crippen LogP contribution is 2.40. The van der Waals surface area contributed by atoms with Gasteiger partial charge in [0.1, 0.15) is 17.1 Å². The lowest BCUT2D eigenvalue weighted by molar-refractivity contribution is 0.324. The van der Waals surface area contributed by atoms with Crippen molar-refractivity contribution in [2.45, 2.75) is 0 Å². The van der Waals surface area contributed by atoms with Crippen LogP contribution < -0.4 is 29.6 Å². The van der Waals surface area contributed by atoms with Crippen LogP contribution in [0, 0.1) is 0 Å². The van der Waals surface area contributed by atoms with Crippen LogP contribution >= 0.6 is 0 Å². The first kappa shape index (κ1) is 21.1. The minimum Gasteiger partial charge on any atom is -0.497 e.